The average molecular weight is 341 g/mol. The maximum atomic E-state index is 12.1. The molecule has 0 heterocycles. The zero-order valence-corrected chi connectivity index (χ0v) is 12.9. The van der Waals surface area contributed by atoms with Crippen LogP contribution in [0.25, 0.3) is 0 Å². The average Bonchev–Trinajstić information content (AvgIpc) is 2.81. The van der Waals surface area contributed by atoms with Crippen LogP contribution in [0.1, 0.15) is 35.2 Å². The number of benzene rings is 1. The summed E-state index contributed by atoms with van der Waals surface area (Å²) in [5.74, 6) is 0.248. The number of carbonyl (C=O) groups excluding carboxylic acids is 1. The molecule has 5 nitrogen and oxygen atoms in total. The molecule has 1 aromatic rings. The van der Waals surface area contributed by atoms with Crippen LogP contribution in [0.5, 0.6) is 0 Å². The molecule has 0 aliphatic heterocycles. The highest BCUT2D eigenvalue weighted by Crippen LogP contribution is 2.30. The van der Waals surface area contributed by atoms with Gasteiger partial charge in [-0.15, -0.1) is 0 Å². The minimum atomic E-state index is -0.476. The molecule has 2 atom stereocenters. The number of nitro groups is 1. The van der Waals surface area contributed by atoms with Gasteiger partial charge in [0.1, 0.15) is 0 Å². The first-order valence-electron chi connectivity index (χ1n) is 6.64. The van der Waals surface area contributed by atoms with Gasteiger partial charge in [-0.1, -0.05) is 15.9 Å². The maximum absolute atomic E-state index is 12.1. The van der Waals surface area contributed by atoms with Crippen LogP contribution in [-0.4, -0.2) is 22.2 Å². The monoisotopic (exact) mass is 340 g/mol. The van der Waals surface area contributed by atoms with Crippen LogP contribution in [0.15, 0.2) is 18.2 Å². The van der Waals surface area contributed by atoms with Crippen molar-refractivity contribution in [2.75, 3.05) is 6.54 Å². The number of nitrogens with zero attached hydrogens (tertiary/aromatic N) is 1. The van der Waals surface area contributed by atoms with Crippen LogP contribution < -0.4 is 5.32 Å². The third-order valence-corrected chi connectivity index (χ3v) is 4.40. The fraction of sp³-hybridized carbons (Fsp3) is 0.500. The van der Waals surface area contributed by atoms with E-state index in [9.17, 15) is 14.9 Å². The highest BCUT2D eigenvalue weighted by atomic mass is 79.9. The van der Waals surface area contributed by atoms with Crippen LogP contribution in [-0.2, 0) is 0 Å². The molecule has 2 unspecified atom stereocenters. The third-order valence-electron chi connectivity index (χ3n) is 3.56. The molecule has 1 amide bonds. The van der Waals surface area contributed by atoms with E-state index in [1.54, 1.807) is 13.0 Å². The molecule has 0 radical (unpaired) electrons. The Morgan fingerprint density at radius 1 is 1.45 bits per heavy atom. The molecule has 108 valence electrons. The van der Waals surface area contributed by atoms with Crippen molar-refractivity contribution in [1.82, 2.24) is 5.32 Å². The van der Waals surface area contributed by atoms with Gasteiger partial charge < -0.3 is 5.32 Å². The smallest absolute Gasteiger partial charge is 0.270 e. The van der Waals surface area contributed by atoms with E-state index in [4.69, 9.17) is 0 Å². The first kappa shape index (κ1) is 15.0. The molecular weight excluding hydrogens is 324 g/mol. The fourth-order valence-electron chi connectivity index (χ4n) is 2.54. The van der Waals surface area contributed by atoms with E-state index in [-0.39, 0.29) is 11.6 Å². The Hall–Kier alpha value is -1.43. The molecule has 20 heavy (non-hydrogen) atoms. The van der Waals surface area contributed by atoms with E-state index < -0.39 is 4.92 Å². The number of nitrogens with one attached hydrogen (secondary N) is 1. The summed E-state index contributed by atoms with van der Waals surface area (Å²) in [5, 5.41) is 13.7. The van der Waals surface area contributed by atoms with E-state index >= 15 is 0 Å². The summed E-state index contributed by atoms with van der Waals surface area (Å²) in [6, 6.07) is 4.46. The number of nitro benzene ring substituents is 1. The van der Waals surface area contributed by atoms with Gasteiger partial charge in [0.2, 0.25) is 0 Å². The Morgan fingerprint density at radius 2 is 2.20 bits per heavy atom. The number of aryl methyl sites for hydroxylation is 1. The summed E-state index contributed by atoms with van der Waals surface area (Å²) in [4.78, 5) is 22.9. The van der Waals surface area contributed by atoms with Crippen LogP contribution in [0, 0.1) is 23.0 Å². The van der Waals surface area contributed by atoms with E-state index in [0.29, 0.717) is 28.4 Å². The fourth-order valence-corrected chi connectivity index (χ4v) is 3.33. The van der Waals surface area contributed by atoms with E-state index in [1.165, 1.54) is 12.1 Å². The minimum absolute atomic E-state index is 0.0449. The lowest BCUT2D eigenvalue weighted by molar-refractivity contribution is -0.384. The molecule has 1 saturated carbocycles. The van der Waals surface area contributed by atoms with Crippen molar-refractivity contribution in [3.8, 4) is 0 Å². The van der Waals surface area contributed by atoms with Crippen molar-refractivity contribution >= 4 is 27.5 Å². The van der Waals surface area contributed by atoms with Crippen molar-refractivity contribution in [2.45, 2.75) is 31.0 Å². The normalized spacial score (nSPS) is 21.7. The molecule has 0 aromatic heterocycles. The zero-order chi connectivity index (χ0) is 14.7. The lowest BCUT2D eigenvalue weighted by Gasteiger charge is -2.11. The molecule has 1 aromatic carbocycles. The molecule has 0 bridgehead atoms. The van der Waals surface area contributed by atoms with E-state index in [0.717, 1.165) is 19.3 Å². The van der Waals surface area contributed by atoms with E-state index in [1.807, 2.05) is 0 Å². The summed E-state index contributed by atoms with van der Waals surface area (Å²) < 4.78 is 0. The minimum Gasteiger partial charge on any atom is -0.352 e. The topological polar surface area (TPSA) is 72.2 Å². The zero-order valence-electron chi connectivity index (χ0n) is 11.3. The number of alkyl halides is 1. The predicted molar refractivity (Wildman–Crippen MR) is 80.2 cm³/mol. The number of rotatable bonds is 4. The largest absolute Gasteiger partial charge is 0.352 e. The molecule has 6 heteroatoms. The highest BCUT2D eigenvalue weighted by Gasteiger charge is 2.23. The summed E-state index contributed by atoms with van der Waals surface area (Å²) in [6.07, 6.45) is 3.30. The van der Waals surface area contributed by atoms with Gasteiger partial charge in [-0.25, -0.2) is 0 Å². The van der Waals surface area contributed by atoms with E-state index in [2.05, 4.69) is 21.2 Å². The Bertz CT molecular complexity index is 533. The molecule has 1 aliphatic carbocycles. The van der Waals surface area contributed by atoms with Gasteiger partial charge in [0.15, 0.2) is 0 Å². The number of carbonyl (C=O) groups is 1. The number of halogens is 1. The van der Waals surface area contributed by atoms with Crippen LogP contribution in [0.2, 0.25) is 0 Å². The quantitative estimate of drug-likeness (QED) is 0.519. The van der Waals surface area contributed by atoms with Crippen LogP contribution in [0.4, 0.5) is 5.69 Å². The van der Waals surface area contributed by atoms with Gasteiger partial charge in [-0.05, 0) is 43.7 Å². The van der Waals surface area contributed by atoms with Gasteiger partial charge in [0, 0.05) is 29.1 Å². The van der Waals surface area contributed by atoms with Gasteiger partial charge in [-0.3, -0.25) is 14.9 Å². The van der Waals surface area contributed by atoms with Crippen molar-refractivity contribution < 1.29 is 9.72 Å². The Kier molecular flexibility index (Phi) is 4.75. The van der Waals surface area contributed by atoms with Crippen molar-refractivity contribution in [1.29, 1.82) is 0 Å². The SMILES string of the molecule is Cc1cc(C(=O)NCC2CCC(Br)C2)cc([N+](=O)[O-])c1. The summed E-state index contributed by atoms with van der Waals surface area (Å²) in [6.45, 7) is 2.37. The van der Waals surface area contributed by atoms with Gasteiger partial charge in [-0.2, -0.15) is 0 Å². The summed E-state index contributed by atoms with van der Waals surface area (Å²) in [7, 11) is 0. The van der Waals surface area contributed by atoms with Crippen molar-refractivity contribution in [3.05, 3.63) is 39.4 Å². The first-order valence-corrected chi connectivity index (χ1v) is 7.55. The molecule has 1 aliphatic rings. The second-order valence-corrected chi connectivity index (χ2v) is 6.60. The highest BCUT2D eigenvalue weighted by molar-refractivity contribution is 9.09. The molecular formula is C14H17BrN2O3. The summed E-state index contributed by atoms with van der Waals surface area (Å²) in [5.41, 5.74) is 1.02. The lowest BCUT2D eigenvalue weighted by atomic mass is 10.1. The first-order chi connectivity index (χ1) is 9.45. The van der Waals surface area contributed by atoms with Crippen LogP contribution in [0.3, 0.4) is 0 Å². The van der Waals surface area contributed by atoms with Crippen molar-refractivity contribution in [3.63, 3.8) is 0 Å². The number of non-ortho nitro benzene ring substituents is 1. The number of amides is 1. The predicted octanol–water partition coefficient (Wildman–Crippen LogP) is 3.20. The Balaban J connectivity index is 2.00. The van der Waals surface area contributed by atoms with Gasteiger partial charge in [0.25, 0.3) is 11.6 Å². The second kappa shape index (κ2) is 6.35. The number of hydrogen-bond acceptors (Lipinski definition) is 3. The molecule has 2 rings (SSSR count). The van der Waals surface area contributed by atoms with Crippen LogP contribution >= 0.6 is 15.9 Å². The number of hydrogen-bond donors (Lipinski definition) is 1. The van der Waals surface area contributed by atoms with Gasteiger partial charge >= 0.3 is 0 Å². The standard InChI is InChI=1S/C14H17BrN2O3/c1-9-4-11(7-13(5-9)17(19)20)14(18)16-8-10-2-3-12(15)6-10/h4-5,7,10,12H,2-3,6,8H2,1H3,(H,16,18). The summed E-state index contributed by atoms with van der Waals surface area (Å²) >= 11 is 3.58. The lowest BCUT2D eigenvalue weighted by Crippen LogP contribution is -2.28. The molecule has 0 saturated heterocycles. The maximum Gasteiger partial charge on any atom is 0.270 e. The van der Waals surface area contributed by atoms with Crippen molar-refractivity contribution in [2.24, 2.45) is 5.92 Å². The Morgan fingerprint density at radius 3 is 2.80 bits per heavy atom. The van der Waals surface area contributed by atoms with Gasteiger partial charge in [0.05, 0.1) is 4.92 Å². The Labute approximate surface area is 126 Å². The second-order valence-electron chi connectivity index (χ2n) is 5.30. The third kappa shape index (κ3) is 3.79. The molecule has 1 fully saturated rings. The molecule has 1 N–H and O–H groups in total. The molecule has 0 spiro atoms.